The third kappa shape index (κ3) is 3.66. The van der Waals surface area contributed by atoms with E-state index in [1.807, 2.05) is 0 Å². The second kappa shape index (κ2) is 6.76. The van der Waals surface area contributed by atoms with Crippen LogP contribution in [0.25, 0.3) is 0 Å². The molecule has 0 radical (unpaired) electrons. The van der Waals surface area contributed by atoms with Gasteiger partial charge in [-0.15, -0.1) is 0 Å². The van der Waals surface area contributed by atoms with Gasteiger partial charge < -0.3 is 4.74 Å². The lowest BCUT2D eigenvalue weighted by molar-refractivity contribution is 0.287. The van der Waals surface area contributed by atoms with Gasteiger partial charge >= 0.3 is 5.69 Å². The van der Waals surface area contributed by atoms with Gasteiger partial charge in [-0.2, -0.15) is 9.36 Å². The molecule has 9 heteroatoms. The predicted octanol–water partition coefficient (Wildman–Crippen LogP) is 1.04. The van der Waals surface area contributed by atoms with E-state index >= 15 is 0 Å². The Morgan fingerprint density at radius 3 is 2.46 bits per heavy atom. The van der Waals surface area contributed by atoms with Crippen LogP contribution >= 0.6 is 0 Å². The summed E-state index contributed by atoms with van der Waals surface area (Å²) in [5, 5.41) is 7.85. The molecular weight excluding hydrogens is 332 g/mol. The topological polar surface area (TPSA) is 96.1 Å². The van der Waals surface area contributed by atoms with E-state index in [0.29, 0.717) is 12.3 Å². The lowest BCUT2D eigenvalue weighted by Crippen LogP contribution is -2.29. The maximum atomic E-state index is 12.2. The molecule has 1 heterocycles. The van der Waals surface area contributed by atoms with Gasteiger partial charge in [0.05, 0.1) is 17.5 Å². The molecular formula is C15H20N4O4S. The van der Waals surface area contributed by atoms with Crippen LogP contribution in [0.2, 0.25) is 0 Å². The number of tetrazole rings is 1. The quantitative estimate of drug-likeness (QED) is 0.771. The Morgan fingerprint density at radius 1 is 1.17 bits per heavy atom. The van der Waals surface area contributed by atoms with Crippen molar-refractivity contribution < 1.29 is 13.2 Å². The van der Waals surface area contributed by atoms with E-state index in [4.69, 9.17) is 4.74 Å². The minimum atomic E-state index is -3.22. The van der Waals surface area contributed by atoms with Crippen LogP contribution in [-0.4, -0.2) is 41.1 Å². The number of aromatic nitrogens is 4. The van der Waals surface area contributed by atoms with Crippen LogP contribution in [0.5, 0.6) is 5.75 Å². The molecule has 0 aliphatic heterocycles. The van der Waals surface area contributed by atoms with Crippen LogP contribution in [0.3, 0.4) is 0 Å². The Kier molecular flexibility index (Phi) is 4.70. The molecule has 0 N–H and O–H groups in total. The van der Waals surface area contributed by atoms with Crippen molar-refractivity contribution in [2.24, 2.45) is 0 Å². The molecule has 0 unspecified atom stereocenters. The summed E-state index contributed by atoms with van der Waals surface area (Å²) in [6.07, 6.45) is 5.35. The maximum absolute atomic E-state index is 12.2. The zero-order chi connectivity index (χ0) is 17.2. The molecule has 0 saturated heterocycles. The van der Waals surface area contributed by atoms with Gasteiger partial charge in [0.25, 0.3) is 0 Å². The minimum Gasteiger partial charge on any atom is -0.492 e. The van der Waals surface area contributed by atoms with Crippen molar-refractivity contribution in [3.05, 3.63) is 34.7 Å². The highest BCUT2D eigenvalue weighted by Crippen LogP contribution is 2.27. The standard InChI is InChI=1S/C15H20N4O4S/c1-24(21,22)14-8-6-13(7-9-14)23-11-10-18-15(20)19(17-16-18)12-4-2-3-5-12/h6-9,12H,2-5,10-11H2,1H3. The van der Waals surface area contributed by atoms with E-state index in [0.717, 1.165) is 31.9 Å². The Bertz CT molecular complexity index is 848. The van der Waals surface area contributed by atoms with Crippen LogP contribution in [0.4, 0.5) is 0 Å². The van der Waals surface area contributed by atoms with Gasteiger partial charge in [-0.3, -0.25) is 0 Å². The minimum absolute atomic E-state index is 0.163. The second-order valence-corrected chi connectivity index (χ2v) is 7.98. The van der Waals surface area contributed by atoms with Gasteiger partial charge in [0, 0.05) is 6.26 Å². The Morgan fingerprint density at radius 2 is 1.83 bits per heavy atom. The first kappa shape index (κ1) is 16.7. The normalized spacial score (nSPS) is 15.7. The first-order chi connectivity index (χ1) is 11.4. The van der Waals surface area contributed by atoms with Gasteiger partial charge in [0.2, 0.25) is 0 Å². The van der Waals surface area contributed by atoms with Crippen molar-refractivity contribution in [2.75, 3.05) is 12.9 Å². The molecule has 1 aromatic heterocycles. The van der Waals surface area contributed by atoms with Crippen molar-refractivity contribution >= 4 is 9.84 Å². The molecule has 1 aromatic carbocycles. The van der Waals surface area contributed by atoms with E-state index in [9.17, 15) is 13.2 Å². The Labute approximate surface area is 139 Å². The molecule has 0 atom stereocenters. The molecule has 3 rings (SSSR count). The Hall–Kier alpha value is -2.16. The van der Waals surface area contributed by atoms with Crippen LogP contribution in [-0.2, 0) is 16.4 Å². The molecule has 130 valence electrons. The summed E-state index contributed by atoms with van der Waals surface area (Å²) in [5.74, 6) is 0.540. The molecule has 0 amide bonds. The zero-order valence-electron chi connectivity index (χ0n) is 13.5. The summed E-state index contributed by atoms with van der Waals surface area (Å²) in [5.41, 5.74) is -0.210. The number of sulfone groups is 1. The highest BCUT2D eigenvalue weighted by molar-refractivity contribution is 7.90. The summed E-state index contributed by atoms with van der Waals surface area (Å²) < 4.78 is 31.1. The van der Waals surface area contributed by atoms with E-state index in [1.165, 1.54) is 21.5 Å². The van der Waals surface area contributed by atoms with Crippen molar-refractivity contribution in [2.45, 2.75) is 43.2 Å². The zero-order valence-corrected chi connectivity index (χ0v) is 14.3. The van der Waals surface area contributed by atoms with E-state index in [2.05, 4.69) is 10.4 Å². The van der Waals surface area contributed by atoms with Crippen LogP contribution < -0.4 is 10.4 Å². The van der Waals surface area contributed by atoms with Gasteiger partial charge in [0.15, 0.2) is 9.84 Å². The molecule has 0 spiro atoms. The Balaban J connectivity index is 1.58. The van der Waals surface area contributed by atoms with Gasteiger partial charge in [-0.1, -0.05) is 12.8 Å². The van der Waals surface area contributed by atoms with Crippen molar-refractivity contribution in [3.63, 3.8) is 0 Å². The van der Waals surface area contributed by atoms with Crippen molar-refractivity contribution in [1.29, 1.82) is 0 Å². The van der Waals surface area contributed by atoms with Gasteiger partial charge in [-0.25, -0.2) is 13.2 Å². The predicted molar refractivity (Wildman–Crippen MR) is 86.8 cm³/mol. The number of ether oxygens (including phenoxy) is 1. The van der Waals surface area contributed by atoms with Crippen LogP contribution in [0.15, 0.2) is 34.0 Å². The van der Waals surface area contributed by atoms with E-state index < -0.39 is 9.84 Å². The average Bonchev–Trinajstić information content (AvgIpc) is 3.17. The number of rotatable bonds is 6. The van der Waals surface area contributed by atoms with Crippen LogP contribution in [0, 0.1) is 0 Å². The van der Waals surface area contributed by atoms with Crippen LogP contribution in [0.1, 0.15) is 31.7 Å². The fraction of sp³-hybridized carbons (Fsp3) is 0.533. The monoisotopic (exact) mass is 352 g/mol. The average molecular weight is 352 g/mol. The SMILES string of the molecule is CS(=O)(=O)c1ccc(OCCn2nnn(C3CCCC3)c2=O)cc1. The first-order valence-electron chi connectivity index (χ1n) is 7.90. The first-order valence-corrected chi connectivity index (χ1v) is 9.79. The third-order valence-electron chi connectivity index (χ3n) is 4.16. The lowest BCUT2D eigenvalue weighted by Gasteiger charge is -2.07. The summed E-state index contributed by atoms with van der Waals surface area (Å²) >= 11 is 0. The third-order valence-corrected chi connectivity index (χ3v) is 5.28. The fourth-order valence-electron chi connectivity index (χ4n) is 2.84. The molecule has 2 aromatic rings. The molecule has 0 bridgehead atoms. The largest absolute Gasteiger partial charge is 0.492 e. The van der Waals surface area contributed by atoms with E-state index in [-0.39, 0.29) is 23.2 Å². The molecule has 24 heavy (non-hydrogen) atoms. The molecule has 1 fully saturated rings. The molecule has 1 aliphatic carbocycles. The molecule has 8 nitrogen and oxygen atoms in total. The van der Waals surface area contributed by atoms with Crippen molar-refractivity contribution in [3.8, 4) is 5.75 Å². The summed E-state index contributed by atoms with van der Waals surface area (Å²) in [7, 11) is -3.22. The highest BCUT2D eigenvalue weighted by atomic mass is 32.2. The number of hydrogen-bond acceptors (Lipinski definition) is 6. The fourth-order valence-corrected chi connectivity index (χ4v) is 3.47. The maximum Gasteiger partial charge on any atom is 0.364 e. The summed E-state index contributed by atoms with van der Waals surface area (Å²) in [4.78, 5) is 12.5. The molecule has 1 saturated carbocycles. The number of nitrogens with zero attached hydrogens (tertiary/aromatic N) is 4. The summed E-state index contributed by atoms with van der Waals surface area (Å²) in [6, 6.07) is 6.33. The lowest BCUT2D eigenvalue weighted by atomic mass is 10.3. The number of hydrogen-bond donors (Lipinski definition) is 0. The molecule has 1 aliphatic rings. The van der Waals surface area contributed by atoms with Gasteiger partial charge in [-0.05, 0) is 47.5 Å². The van der Waals surface area contributed by atoms with Gasteiger partial charge in [0.1, 0.15) is 12.4 Å². The smallest absolute Gasteiger partial charge is 0.364 e. The second-order valence-electron chi connectivity index (χ2n) is 5.96. The highest BCUT2D eigenvalue weighted by Gasteiger charge is 2.21. The van der Waals surface area contributed by atoms with E-state index in [1.54, 1.807) is 12.1 Å². The summed E-state index contributed by atoms with van der Waals surface area (Å²) in [6.45, 7) is 0.543. The van der Waals surface area contributed by atoms with Crippen molar-refractivity contribution in [1.82, 2.24) is 19.8 Å². The number of benzene rings is 1.